The minimum atomic E-state index is 0.300. The summed E-state index contributed by atoms with van der Waals surface area (Å²) >= 11 is 0. The van der Waals surface area contributed by atoms with Gasteiger partial charge in [0.2, 0.25) is 0 Å². The van der Waals surface area contributed by atoms with Crippen molar-refractivity contribution in [3.63, 3.8) is 0 Å². The van der Waals surface area contributed by atoms with Gasteiger partial charge in [0, 0.05) is 53.2 Å². The molecule has 6 nitrogen and oxygen atoms in total. The smallest absolute Gasteiger partial charge is 0.190 e. The lowest BCUT2D eigenvalue weighted by molar-refractivity contribution is 0.0203. The molecule has 0 radical (unpaired) electrons. The summed E-state index contributed by atoms with van der Waals surface area (Å²) in [6, 6.07) is 0. The SMILES string of the molecule is CN=C(NCCCOCC1CCOCC1)NCCCOC(C)C. The van der Waals surface area contributed by atoms with Crippen molar-refractivity contribution in [3.8, 4) is 0 Å². The van der Waals surface area contributed by atoms with Crippen molar-refractivity contribution in [1.29, 1.82) is 0 Å². The standard InChI is InChI=1S/C17H35N3O3/c1-15(2)23-11-5-9-20-17(18-3)19-8-4-10-22-14-16-6-12-21-13-7-16/h15-16H,4-14H2,1-3H3,(H2,18,19,20). The van der Waals surface area contributed by atoms with Gasteiger partial charge in [0.15, 0.2) is 5.96 Å². The molecule has 0 bridgehead atoms. The van der Waals surface area contributed by atoms with Crippen LogP contribution in [0, 0.1) is 5.92 Å². The van der Waals surface area contributed by atoms with Crippen LogP contribution < -0.4 is 10.6 Å². The third-order valence-corrected chi connectivity index (χ3v) is 3.74. The second kappa shape index (κ2) is 13.6. The molecule has 0 aromatic rings. The summed E-state index contributed by atoms with van der Waals surface area (Å²) < 4.78 is 16.6. The molecule has 1 saturated heterocycles. The minimum Gasteiger partial charge on any atom is -0.381 e. The zero-order valence-electron chi connectivity index (χ0n) is 15.1. The van der Waals surface area contributed by atoms with Crippen LogP contribution in [0.5, 0.6) is 0 Å². The van der Waals surface area contributed by atoms with E-state index in [1.807, 2.05) is 0 Å². The highest BCUT2D eigenvalue weighted by Gasteiger charge is 2.13. The number of ether oxygens (including phenoxy) is 3. The number of hydrogen-bond acceptors (Lipinski definition) is 4. The van der Waals surface area contributed by atoms with Crippen LogP contribution in [0.25, 0.3) is 0 Å². The van der Waals surface area contributed by atoms with Crippen molar-refractivity contribution in [3.05, 3.63) is 0 Å². The van der Waals surface area contributed by atoms with Gasteiger partial charge in [-0.15, -0.1) is 0 Å². The van der Waals surface area contributed by atoms with Gasteiger partial charge in [0.1, 0.15) is 0 Å². The van der Waals surface area contributed by atoms with E-state index in [1.165, 1.54) is 0 Å². The first kappa shape index (κ1) is 20.2. The molecule has 1 fully saturated rings. The molecule has 1 aliphatic heterocycles. The Morgan fingerprint density at radius 3 is 2.39 bits per heavy atom. The minimum absolute atomic E-state index is 0.300. The highest BCUT2D eigenvalue weighted by molar-refractivity contribution is 5.79. The third-order valence-electron chi connectivity index (χ3n) is 3.74. The molecule has 23 heavy (non-hydrogen) atoms. The monoisotopic (exact) mass is 329 g/mol. The fourth-order valence-electron chi connectivity index (χ4n) is 2.36. The maximum absolute atomic E-state index is 5.75. The van der Waals surface area contributed by atoms with E-state index in [1.54, 1.807) is 7.05 Å². The summed E-state index contributed by atoms with van der Waals surface area (Å²) in [4.78, 5) is 4.21. The number of rotatable bonds is 11. The Kier molecular flexibility index (Phi) is 11.9. The van der Waals surface area contributed by atoms with E-state index in [2.05, 4.69) is 29.5 Å². The van der Waals surface area contributed by atoms with Crippen molar-refractivity contribution in [2.75, 3.05) is 53.2 Å². The molecule has 0 amide bonds. The summed E-state index contributed by atoms with van der Waals surface area (Å²) in [6.45, 7) is 10.1. The van der Waals surface area contributed by atoms with Crippen molar-refractivity contribution in [2.45, 2.75) is 45.6 Å². The number of hydrogen-bond donors (Lipinski definition) is 2. The van der Waals surface area contributed by atoms with Crippen LogP contribution in [-0.2, 0) is 14.2 Å². The Morgan fingerprint density at radius 1 is 1.13 bits per heavy atom. The molecule has 1 heterocycles. The molecular formula is C17H35N3O3. The van der Waals surface area contributed by atoms with Crippen molar-refractivity contribution >= 4 is 5.96 Å². The van der Waals surface area contributed by atoms with E-state index in [0.717, 1.165) is 77.8 Å². The predicted octanol–water partition coefficient (Wildman–Crippen LogP) is 1.80. The van der Waals surface area contributed by atoms with Crippen LogP contribution in [0.2, 0.25) is 0 Å². The van der Waals surface area contributed by atoms with E-state index in [4.69, 9.17) is 14.2 Å². The Bertz CT molecular complexity index is 305. The summed E-state index contributed by atoms with van der Waals surface area (Å²) in [7, 11) is 1.79. The second-order valence-corrected chi connectivity index (χ2v) is 6.18. The number of aliphatic imine (C=N–C) groups is 1. The molecule has 0 aromatic heterocycles. The maximum Gasteiger partial charge on any atom is 0.190 e. The van der Waals surface area contributed by atoms with Crippen molar-refractivity contribution in [2.24, 2.45) is 10.9 Å². The topological polar surface area (TPSA) is 64.1 Å². The summed E-state index contributed by atoms with van der Waals surface area (Å²) in [5.41, 5.74) is 0. The molecular weight excluding hydrogens is 294 g/mol. The van der Waals surface area contributed by atoms with Crippen LogP contribution in [0.3, 0.4) is 0 Å². The predicted molar refractivity (Wildman–Crippen MR) is 94.0 cm³/mol. The van der Waals surface area contributed by atoms with Gasteiger partial charge in [-0.1, -0.05) is 0 Å². The van der Waals surface area contributed by atoms with Gasteiger partial charge in [0.25, 0.3) is 0 Å². The van der Waals surface area contributed by atoms with Crippen LogP contribution >= 0.6 is 0 Å². The molecule has 0 aliphatic carbocycles. The number of guanidine groups is 1. The summed E-state index contributed by atoms with van der Waals surface area (Å²) in [5.74, 6) is 1.53. The fourth-order valence-corrected chi connectivity index (χ4v) is 2.36. The molecule has 6 heteroatoms. The fraction of sp³-hybridized carbons (Fsp3) is 0.941. The Balaban J connectivity index is 1.91. The zero-order valence-corrected chi connectivity index (χ0v) is 15.1. The van der Waals surface area contributed by atoms with Gasteiger partial charge >= 0.3 is 0 Å². The average Bonchev–Trinajstić information content (AvgIpc) is 2.56. The average molecular weight is 329 g/mol. The van der Waals surface area contributed by atoms with E-state index in [0.29, 0.717) is 12.0 Å². The second-order valence-electron chi connectivity index (χ2n) is 6.18. The van der Waals surface area contributed by atoms with Crippen LogP contribution in [0.15, 0.2) is 4.99 Å². The molecule has 0 spiro atoms. The lowest BCUT2D eigenvalue weighted by atomic mass is 10.0. The normalized spacial score (nSPS) is 16.8. The van der Waals surface area contributed by atoms with E-state index in [-0.39, 0.29) is 0 Å². The molecule has 0 unspecified atom stereocenters. The van der Waals surface area contributed by atoms with Crippen LogP contribution in [0.4, 0.5) is 0 Å². The lowest BCUT2D eigenvalue weighted by Crippen LogP contribution is -2.38. The first-order valence-electron chi connectivity index (χ1n) is 8.94. The van der Waals surface area contributed by atoms with E-state index < -0.39 is 0 Å². The maximum atomic E-state index is 5.75. The van der Waals surface area contributed by atoms with Gasteiger partial charge in [0.05, 0.1) is 6.10 Å². The van der Waals surface area contributed by atoms with E-state index in [9.17, 15) is 0 Å². The number of nitrogens with one attached hydrogen (secondary N) is 2. The molecule has 1 rings (SSSR count). The molecule has 136 valence electrons. The quantitative estimate of drug-likeness (QED) is 0.344. The van der Waals surface area contributed by atoms with Crippen LogP contribution in [-0.4, -0.2) is 65.2 Å². The Hall–Kier alpha value is -0.850. The zero-order chi connectivity index (χ0) is 16.8. The first-order valence-corrected chi connectivity index (χ1v) is 8.94. The van der Waals surface area contributed by atoms with Crippen molar-refractivity contribution < 1.29 is 14.2 Å². The molecule has 0 aromatic carbocycles. The third kappa shape index (κ3) is 11.3. The largest absolute Gasteiger partial charge is 0.381 e. The summed E-state index contributed by atoms with van der Waals surface area (Å²) in [5, 5.41) is 6.60. The van der Waals surface area contributed by atoms with Gasteiger partial charge in [-0.2, -0.15) is 0 Å². The lowest BCUT2D eigenvalue weighted by Gasteiger charge is -2.21. The highest BCUT2D eigenvalue weighted by Crippen LogP contribution is 2.14. The Morgan fingerprint density at radius 2 is 1.78 bits per heavy atom. The van der Waals surface area contributed by atoms with Crippen LogP contribution in [0.1, 0.15) is 39.5 Å². The van der Waals surface area contributed by atoms with Gasteiger partial charge in [-0.25, -0.2) is 0 Å². The van der Waals surface area contributed by atoms with Gasteiger partial charge in [-0.3, -0.25) is 4.99 Å². The summed E-state index contributed by atoms with van der Waals surface area (Å²) in [6.07, 6.45) is 4.53. The molecule has 0 atom stereocenters. The van der Waals surface area contributed by atoms with Gasteiger partial charge < -0.3 is 24.8 Å². The first-order chi connectivity index (χ1) is 11.2. The van der Waals surface area contributed by atoms with Crippen molar-refractivity contribution in [1.82, 2.24) is 10.6 Å². The molecule has 0 saturated carbocycles. The van der Waals surface area contributed by atoms with Gasteiger partial charge in [-0.05, 0) is 45.4 Å². The Labute approximate surface area is 141 Å². The van der Waals surface area contributed by atoms with E-state index >= 15 is 0 Å². The molecule has 1 aliphatic rings. The molecule has 2 N–H and O–H groups in total. The highest BCUT2D eigenvalue weighted by atomic mass is 16.5. The number of nitrogens with zero attached hydrogens (tertiary/aromatic N) is 1.